The molecule has 8 nitrogen and oxygen atoms in total. The number of carbonyl (C=O) groups is 1. The van der Waals surface area contributed by atoms with Gasteiger partial charge in [0.2, 0.25) is 5.69 Å². The fraction of sp³-hybridized carbons (Fsp3) is 0.333. The van der Waals surface area contributed by atoms with Crippen LogP contribution in [-0.4, -0.2) is 51.3 Å². The largest absolute Gasteiger partial charge is 0.352 e. The van der Waals surface area contributed by atoms with E-state index in [9.17, 15) is 14.4 Å². The van der Waals surface area contributed by atoms with Crippen molar-refractivity contribution in [3.63, 3.8) is 0 Å². The molecule has 1 N–H and O–H groups in total. The molecule has 1 aliphatic rings. The van der Waals surface area contributed by atoms with Crippen molar-refractivity contribution in [1.82, 2.24) is 24.6 Å². The van der Waals surface area contributed by atoms with Crippen LogP contribution in [0.1, 0.15) is 33.6 Å². The molecule has 32 heavy (non-hydrogen) atoms. The first-order valence-electron chi connectivity index (χ1n) is 10.8. The van der Waals surface area contributed by atoms with Crippen LogP contribution >= 0.6 is 0 Å². The van der Waals surface area contributed by atoms with Gasteiger partial charge in [-0.3, -0.25) is 14.2 Å². The minimum absolute atomic E-state index is 0.0632. The molecule has 2 heterocycles. The molecule has 0 atom stereocenters. The van der Waals surface area contributed by atoms with Crippen molar-refractivity contribution in [2.45, 2.75) is 26.8 Å². The molecule has 1 saturated heterocycles. The third-order valence-corrected chi connectivity index (χ3v) is 5.81. The van der Waals surface area contributed by atoms with Crippen LogP contribution in [0.25, 0.3) is 5.69 Å². The summed E-state index contributed by atoms with van der Waals surface area (Å²) >= 11 is 0. The van der Waals surface area contributed by atoms with Crippen molar-refractivity contribution in [2.24, 2.45) is 0 Å². The number of carbonyl (C=O) groups excluding carboxylic acids is 1. The number of nitrogens with one attached hydrogen (secondary N) is 1. The van der Waals surface area contributed by atoms with E-state index in [1.807, 2.05) is 56.3 Å². The van der Waals surface area contributed by atoms with Crippen LogP contribution in [-0.2, 0) is 6.54 Å². The van der Waals surface area contributed by atoms with Crippen LogP contribution < -0.4 is 16.6 Å². The predicted molar refractivity (Wildman–Crippen MR) is 123 cm³/mol. The molecule has 0 saturated carbocycles. The maximum atomic E-state index is 13.3. The lowest BCUT2D eigenvalue weighted by Crippen LogP contribution is -2.47. The highest BCUT2D eigenvalue weighted by molar-refractivity contribution is 5.91. The summed E-state index contributed by atoms with van der Waals surface area (Å²) in [5.74, 6) is -0.446. The average Bonchev–Trinajstić information content (AvgIpc) is 3.09. The molecule has 3 aromatic rings. The van der Waals surface area contributed by atoms with Gasteiger partial charge in [0.25, 0.3) is 11.5 Å². The highest BCUT2D eigenvalue weighted by Gasteiger charge is 2.25. The summed E-state index contributed by atoms with van der Waals surface area (Å²) in [4.78, 5) is 41.5. The summed E-state index contributed by atoms with van der Waals surface area (Å²) in [5, 5.41) is 7.53. The number of hydrogen-bond acceptors (Lipinski definition) is 5. The van der Waals surface area contributed by atoms with Crippen molar-refractivity contribution in [2.75, 3.05) is 26.2 Å². The first-order chi connectivity index (χ1) is 15.5. The molecule has 2 aromatic carbocycles. The van der Waals surface area contributed by atoms with Gasteiger partial charge in [0, 0.05) is 19.6 Å². The third kappa shape index (κ3) is 4.40. The zero-order valence-electron chi connectivity index (χ0n) is 18.4. The summed E-state index contributed by atoms with van der Waals surface area (Å²) in [6.07, 6.45) is 0.792. The van der Waals surface area contributed by atoms with E-state index in [-0.39, 0.29) is 12.2 Å². The Morgan fingerprint density at radius 1 is 1.00 bits per heavy atom. The Morgan fingerprint density at radius 2 is 1.78 bits per heavy atom. The van der Waals surface area contributed by atoms with Gasteiger partial charge in [-0.05, 0) is 55.6 Å². The van der Waals surface area contributed by atoms with Crippen molar-refractivity contribution in [3.8, 4) is 5.69 Å². The molecule has 0 unspecified atom stereocenters. The Labute approximate surface area is 186 Å². The molecular weight excluding hydrogens is 406 g/mol. The van der Waals surface area contributed by atoms with Crippen LogP contribution in [0.4, 0.5) is 0 Å². The second-order valence-corrected chi connectivity index (χ2v) is 8.08. The smallest absolute Gasteiger partial charge is 0.336 e. The van der Waals surface area contributed by atoms with Gasteiger partial charge in [-0.25, -0.2) is 4.79 Å². The lowest BCUT2D eigenvalue weighted by Gasteiger charge is -2.20. The molecule has 0 aliphatic carbocycles. The second kappa shape index (κ2) is 9.32. The molecule has 0 spiro atoms. The van der Waals surface area contributed by atoms with E-state index >= 15 is 0 Å². The summed E-state index contributed by atoms with van der Waals surface area (Å²) < 4.78 is 2.26. The van der Waals surface area contributed by atoms with Crippen LogP contribution in [0.3, 0.4) is 0 Å². The number of amides is 1. The molecule has 0 radical (unpaired) electrons. The quantitative estimate of drug-likeness (QED) is 0.674. The van der Waals surface area contributed by atoms with E-state index in [4.69, 9.17) is 0 Å². The Balaban J connectivity index is 1.87. The number of hydrogen-bond donors (Lipinski definition) is 1. The van der Waals surface area contributed by atoms with Gasteiger partial charge in [-0.15, -0.1) is 0 Å². The molecule has 1 aliphatic heterocycles. The molecule has 1 amide bonds. The molecule has 1 aromatic heterocycles. The number of aromatic nitrogens is 3. The number of aryl methyl sites for hydroxylation is 2. The SMILES string of the molecule is Cc1ccc(-n2nc(C(=O)N3CCCNCC3)c(=O)n(Cc3ccccc3)c2=O)cc1C. The van der Waals surface area contributed by atoms with E-state index in [1.165, 1.54) is 4.68 Å². The Kier molecular flexibility index (Phi) is 6.32. The monoisotopic (exact) mass is 433 g/mol. The first kappa shape index (κ1) is 21.7. The number of benzene rings is 2. The van der Waals surface area contributed by atoms with E-state index in [1.54, 1.807) is 11.0 Å². The van der Waals surface area contributed by atoms with Crippen molar-refractivity contribution in [1.29, 1.82) is 0 Å². The second-order valence-electron chi connectivity index (χ2n) is 8.08. The normalized spacial score (nSPS) is 14.2. The first-order valence-corrected chi connectivity index (χ1v) is 10.8. The van der Waals surface area contributed by atoms with Crippen LogP contribution in [0.5, 0.6) is 0 Å². The molecule has 0 bridgehead atoms. The van der Waals surface area contributed by atoms with Gasteiger partial charge < -0.3 is 10.2 Å². The van der Waals surface area contributed by atoms with Crippen molar-refractivity contribution in [3.05, 3.63) is 91.8 Å². The molecule has 1 fully saturated rings. The van der Waals surface area contributed by atoms with E-state index in [0.29, 0.717) is 25.3 Å². The van der Waals surface area contributed by atoms with Gasteiger partial charge in [0.1, 0.15) is 0 Å². The highest BCUT2D eigenvalue weighted by Crippen LogP contribution is 2.12. The Bertz CT molecular complexity index is 1240. The summed E-state index contributed by atoms with van der Waals surface area (Å²) in [5.41, 5.74) is 1.91. The zero-order chi connectivity index (χ0) is 22.7. The third-order valence-electron chi connectivity index (χ3n) is 5.81. The molecule has 8 heteroatoms. The predicted octanol–water partition coefficient (Wildman–Crippen LogP) is 1.49. The Morgan fingerprint density at radius 3 is 2.53 bits per heavy atom. The number of nitrogens with zero attached hydrogens (tertiary/aromatic N) is 4. The summed E-state index contributed by atoms with van der Waals surface area (Å²) in [6.45, 7) is 6.48. The van der Waals surface area contributed by atoms with E-state index in [0.717, 1.165) is 34.2 Å². The fourth-order valence-electron chi connectivity index (χ4n) is 3.78. The van der Waals surface area contributed by atoms with E-state index in [2.05, 4.69) is 10.4 Å². The summed E-state index contributed by atoms with van der Waals surface area (Å²) in [6, 6.07) is 14.8. The minimum Gasteiger partial charge on any atom is -0.336 e. The van der Waals surface area contributed by atoms with Crippen LogP contribution in [0, 0.1) is 13.8 Å². The van der Waals surface area contributed by atoms with Gasteiger partial charge in [-0.2, -0.15) is 9.78 Å². The number of rotatable bonds is 4. The lowest BCUT2D eigenvalue weighted by molar-refractivity contribution is 0.0755. The van der Waals surface area contributed by atoms with Gasteiger partial charge in [0.15, 0.2) is 0 Å². The van der Waals surface area contributed by atoms with E-state index < -0.39 is 17.2 Å². The van der Waals surface area contributed by atoms with Gasteiger partial charge >= 0.3 is 5.69 Å². The minimum atomic E-state index is -0.666. The molecular formula is C24H27N5O3. The van der Waals surface area contributed by atoms with Crippen LogP contribution in [0.2, 0.25) is 0 Å². The maximum absolute atomic E-state index is 13.3. The van der Waals surface area contributed by atoms with Crippen molar-refractivity contribution >= 4 is 5.91 Å². The topological polar surface area (TPSA) is 89.2 Å². The fourth-order valence-corrected chi connectivity index (χ4v) is 3.78. The Hall–Kier alpha value is -3.52. The van der Waals surface area contributed by atoms with Crippen LogP contribution in [0.15, 0.2) is 58.1 Å². The lowest BCUT2D eigenvalue weighted by atomic mass is 10.1. The standard InChI is InChI=1S/C24H27N5O3/c1-17-9-10-20(15-18(17)2)29-24(32)28(16-19-7-4-3-5-8-19)23(31)21(26-29)22(30)27-13-6-11-25-12-14-27/h3-5,7-10,15,25H,6,11-14,16H2,1-2H3. The molecule has 166 valence electrons. The summed E-state index contributed by atoms with van der Waals surface area (Å²) in [7, 11) is 0. The molecule has 4 rings (SSSR count). The van der Waals surface area contributed by atoms with Crippen molar-refractivity contribution < 1.29 is 4.79 Å². The maximum Gasteiger partial charge on any atom is 0.352 e. The average molecular weight is 434 g/mol. The zero-order valence-corrected chi connectivity index (χ0v) is 18.4. The highest BCUT2D eigenvalue weighted by atomic mass is 16.2. The van der Waals surface area contributed by atoms with Gasteiger partial charge in [0.05, 0.1) is 12.2 Å². The van der Waals surface area contributed by atoms with Gasteiger partial charge in [-0.1, -0.05) is 36.4 Å².